The molecule has 8 heterocycles. The van der Waals surface area contributed by atoms with Gasteiger partial charge in [-0.3, -0.25) is 9.59 Å². The van der Waals surface area contributed by atoms with Crippen LogP contribution < -0.4 is 0 Å². The highest BCUT2D eigenvalue weighted by atomic mass is 28.4. The minimum Gasteiger partial charge on any atom is -0.465 e. The Labute approximate surface area is 430 Å². The third kappa shape index (κ3) is 10.9. The molecule has 17 atom stereocenters. The highest BCUT2D eigenvalue weighted by molar-refractivity contribution is 6.77. The average molecular weight is 1040 g/mol. The van der Waals surface area contributed by atoms with E-state index in [2.05, 4.69) is 103 Å². The van der Waals surface area contributed by atoms with Crippen LogP contribution in [0.4, 0.5) is 0 Å². The number of ketones is 1. The average Bonchev–Trinajstić information content (AvgIpc) is 3.47. The Morgan fingerprint density at radius 3 is 1.96 bits per heavy atom. The summed E-state index contributed by atoms with van der Waals surface area (Å²) in [6.07, 6.45) is 5.61. The van der Waals surface area contributed by atoms with E-state index in [0.717, 1.165) is 32.1 Å². The summed E-state index contributed by atoms with van der Waals surface area (Å²) in [5.74, 6) is -0.0829. The predicted octanol–water partition coefficient (Wildman–Crippen LogP) is 11.1. The molecular weight excluding hydrogens is 937 g/mol. The van der Waals surface area contributed by atoms with Crippen LogP contribution in [-0.4, -0.2) is 143 Å². The molecular formula is C56H98O13Si2. The molecule has 8 rings (SSSR count). The fourth-order valence-corrected chi connectivity index (χ4v) is 21.0. The second-order valence-corrected chi connectivity index (χ2v) is 38.1. The monoisotopic (exact) mass is 1030 g/mol. The second kappa shape index (κ2) is 20.2. The van der Waals surface area contributed by atoms with E-state index in [4.69, 9.17) is 51.5 Å². The van der Waals surface area contributed by atoms with Gasteiger partial charge in [-0.25, -0.2) is 0 Å². The van der Waals surface area contributed by atoms with E-state index >= 15 is 0 Å². The lowest BCUT2D eigenvalue weighted by molar-refractivity contribution is -0.368. The summed E-state index contributed by atoms with van der Waals surface area (Å²) < 4.78 is 77.3. The number of carbonyl (C=O) groups excluding carboxylic acids is 2. The van der Waals surface area contributed by atoms with Gasteiger partial charge in [0.15, 0.2) is 14.1 Å². The van der Waals surface area contributed by atoms with Crippen molar-refractivity contribution in [2.45, 2.75) is 324 Å². The van der Waals surface area contributed by atoms with Crippen molar-refractivity contribution in [3.8, 4) is 0 Å². The predicted molar refractivity (Wildman–Crippen MR) is 278 cm³/mol. The minimum absolute atomic E-state index is 0.0373. The Morgan fingerprint density at radius 2 is 1.31 bits per heavy atom. The van der Waals surface area contributed by atoms with Crippen LogP contribution in [0.1, 0.15) is 188 Å². The van der Waals surface area contributed by atoms with Crippen LogP contribution >= 0.6 is 0 Å². The Kier molecular flexibility index (Phi) is 16.0. The molecule has 0 aliphatic carbocycles. The number of hydrogen-bond acceptors (Lipinski definition) is 13. The van der Waals surface area contributed by atoms with Gasteiger partial charge in [0.2, 0.25) is 8.32 Å². The molecule has 0 saturated carbocycles. The number of fused-ring (bicyclic) bond motifs is 7. The van der Waals surface area contributed by atoms with Crippen LogP contribution in [0.15, 0.2) is 0 Å². The molecule has 408 valence electrons. The number of ether oxygens (including phenoxy) is 9. The van der Waals surface area contributed by atoms with E-state index in [1.54, 1.807) is 0 Å². The molecule has 15 heteroatoms. The van der Waals surface area contributed by atoms with Crippen LogP contribution in [0.3, 0.4) is 0 Å². The molecule has 0 amide bonds. The van der Waals surface area contributed by atoms with Crippen molar-refractivity contribution in [1.82, 2.24) is 0 Å². The molecule has 13 nitrogen and oxygen atoms in total. The number of carbonyl (C=O) groups is 2. The Morgan fingerprint density at radius 1 is 0.676 bits per heavy atom. The quantitative estimate of drug-likeness (QED) is 0.104. The van der Waals surface area contributed by atoms with Gasteiger partial charge in [0.25, 0.3) is 0 Å². The molecule has 8 aliphatic rings. The van der Waals surface area contributed by atoms with E-state index in [1.807, 2.05) is 20.8 Å². The first-order chi connectivity index (χ1) is 32.8. The normalized spacial score (nSPS) is 43.2. The standard InChI is InChI=1S/C56H98O13Si2/c1-33(2)71(34(3)4,35(5)6)68-49-26-36(20-19-25-59-50(58)51(7,8)9)61-48-29-47-53(13,69-56(48,49)16)30-43-40(64-47)27-42-38(62-43)23-24-45-54(14,67-42)32-55(15)46(65-45)28-41-39(66-55)22-21-37(57)44(63-41)31-60-70(17,18)52(10,11)12/h33-36,38-49H,19-32H2,1-18H3/t36-,38+,39+,40+,41-,42-,43-,44+,45-,46+,47-,48+,49-,53+,54+,55-,56+/m0/s1. The molecule has 0 aromatic carbocycles. The molecule has 8 saturated heterocycles. The summed E-state index contributed by atoms with van der Waals surface area (Å²) in [6.45, 7) is 40.4. The summed E-state index contributed by atoms with van der Waals surface area (Å²) in [4.78, 5) is 26.1. The van der Waals surface area contributed by atoms with Gasteiger partial charge < -0.3 is 51.5 Å². The van der Waals surface area contributed by atoms with Crippen molar-refractivity contribution < 1.29 is 61.1 Å². The van der Waals surface area contributed by atoms with Gasteiger partial charge in [0, 0.05) is 44.9 Å². The molecule has 0 aromatic rings. The van der Waals surface area contributed by atoms with Gasteiger partial charge in [-0.05, 0) is 115 Å². The zero-order valence-corrected chi connectivity index (χ0v) is 49.4. The number of hydrogen-bond donors (Lipinski definition) is 0. The van der Waals surface area contributed by atoms with Crippen molar-refractivity contribution in [2.24, 2.45) is 5.41 Å². The fourth-order valence-electron chi connectivity index (χ4n) is 14.4. The zero-order chi connectivity index (χ0) is 52.1. The fraction of sp³-hybridized carbons (Fsp3) is 0.964. The van der Waals surface area contributed by atoms with E-state index in [9.17, 15) is 9.59 Å². The first kappa shape index (κ1) is 56.4. The summed E-state index contributed by atoms with van der Waals surface area (Å²) in [5, 5.41) is 0.0373. The third-order valence-corrected chi connectivity index (χ3v) is 30.0. The maximum Gasteiger partial charge on any atom is 0.311 e. The van der Waals surface area contributed by atoms with Crippen molar-refractivity contribution in [3.05, 3.63) is 0 Å². The first-order valence-corrected chi connectivity index (χ1v) is 33.2. The summed E-state index contributed by atoms with van der Waals surface area (Å²) >= 11 is 0. The topological polar surface area (TPSA) is 136 Å². The number of Topliss-reactive ketones (excluding diaryl/α,β-unsaturated/α-hetero) is 1. The van der Waals surface area contributed by atoms with Crippen LogP contribution in [0.2, 0.25) is 34.8 Å². The lowest BCUT2D eigenvalue weighted by Crippen LogP contribution is -2.73. The van der Waals surface area contributed by atoms with E-state index in [-0.39, 0.29) is 96.6 Å². The molecule has 0 spiro atoms. The zero-order valence-electron chi connectivity index (χ0n) is 47.4. The maximum absolute atomic E-state index is 13.5. The summed E-state index contributed by atoms with van der Waals surface area (Å²) in [5.41, 5.74) is -1.85. The second-order valence-electron chi connectivity index (χ2n) is 27.9. The third-order valence-electron chi connectivity index (χ3n) is 19.4. The van der Waals surface area contributed by atoms with Gasteiger partial charge in [0.05, 0.1) is 109 Å². The highest BCUT2D eigenvalue weighted by Gasteiger charge is 2.66. The number of esters is 1. The lowest BCUT2D eigenvalue weighted by Gasteiger charge is -2.63. The maximum atomic E-state index is 13.5. The highest BCUT2D eigenvalue weighted by Crippen LogP contribution is 2.56. The Bertz CT molecular complexity index is 1880. The van der Waals surface area contributed by atoms with E-state index in [1.165, 1.54) is 0 Å². The van der Waals surface area contributed by atoms with Crippen molar-refractivity contribution in [3.63, 3.8) is 0 Å². The van der Waals surface area contributed by atoms with Crippen molar-refractivity contribution in [2.75, 3.05) is 13.2 Å². The molecule has 0 N–H and O–H groups in total. The van der Waals surface area contributed by atoms with Crippen LogP contribution in [0.5, 0.6) is 0 Å². The van der Waals surface area contributed by atoms with Crippen LogP contribution in [-0.2, 0) is 61.1 Å². The summed E-state index contributed by atoms with van der Waals surface area (Å²) in [6, 6.07) is 0. The SMILES string of the molecule is CC(C)[Si](O[C@H]1C[C@H](CCCOC(=O)C(C)(C)C)O[C@@H]2C[C@@H]3O[C@@H]4C[C@@H]5O[C@]6(C)C[C@]7(C)O[C@@H]8CCC(=O)[C@@H](CO[Si](C)(C)C(C)(C)C)O[C@H]8C[C@H]7O[C@H]6CC[C@H]5O[C@H]4C[C@@]3(C)O[C@@]12C)(C(C)C)C(C)C. The minimum atomic E-state index is -2.34. The molecule has 8 aliphatic heterocycles. The Balaban J connectivity index is 0.959. The molecule has 0 unspecified atom stereocenters. The summed E-state index contributed by atoms with van der Waals surface area (Å²) in [7, 11) is -4.42. The van der Waals surface area contributed by atoms with E-state index < -0.39 is 50.6 Å². The first-order valence-electron chi connectivity index (χ1n) is 28.2. The molecule has 0 aromatic heterocycles. The lowest BCUT2D eigenvalue weighted by atomic mass is 9.72. The van der Waals surface area contributed by atoms with Crippen molar-refractivity contribution in [1.29, 1.82) is 0 Å². The Hall–Kier alpha value is -0.826. The molecule has 0 radical (unpaired) electrons. The van der Waals surface area contributed by atoms with E-state index in [0.29, 0.717) is 68.2 Å². The molecule has 0 bridgehead atoms. The van der Waals surface area contributed by atoms with Gasteiger partial charge in [-0.1, -0.05) is 62.3 Å². The smallest absolute Gasteiger partial charge is 0.311 e. The molecule has 8 fully saturated rings. The van der Waals surface area contributed by atoms with Gasteiger partial charge in [0.1, 0.15) is 11.7 Å². The van der Waals surface area contributed by atoms with Gasteiger partial charge in [-0.2, -0.15) is 0 Å². The van der Waals surface area contributed by atoms with Crippen molar-refractivity contribution >= 4 is 28.4 Å². The van der Waals surface area contributed by atoms with Crippen LogP contribution in [0, 0.1) is 5.41 Å². The van der Waals surface area contributed by atoms with Gasteiger partial charge >= 0.3 is 5.97 Å². The largest absolute Gasteiger partial charge is 0.465 e. The number of rotatable bonds is 12. The van der Waals surface area contributed by atoms with Gasteiger partial charge in [-0.15, -0.1) is 0 Å². The van der Waals surface area contributed by atoms with Crippen LogP contribution in [0.25, 0.3) is 0 Å². The molecule has 71 heavy (non-hydrogen) atoms.